The van der Waals surface area contributed by atoms with Crippen molar-refractivity contribution in [1.29, 1.82) is 0 Å². The number of halogens is 1. The van der Waals surface area contributed by atoms with Gasteiger partial charge >= 0.3 is 0 Å². The molecule has 0 bridgehead atoms. The topological polar surface area (TPSA) is 15.3 Å². The van der Waals surface area contributed by atoms with Crippen molar-refractivity contribution in [3.8, 4) is 0 Å². The van der Waals surface area contributed by atoms with Crippen LogP contribution in [-0.2, 0) is 0 Å². The Labute approximate surface area is 105 Å². The van der Waals surface area contributed by atoms with Gasteiger partial charge < -0.3 is 5.32 Å². The molecule has 2 nitrogen and oxygen atoms in total. The van der Waals surface area contributed by atoms with Gasteiger partial charge in [-0.3, -0.25) is 4.90 Å². The maximum Gasteiger partial charge on any atom is 0.0202 e. The third-order valence-electron chi connectivity index (χ3n) is 3.13. The zero-order valence-electron chi connectivity index (χ0n) is 10.6. The summed E-state index contributed by atoms with van der Waals surface area (Å²) in [6.45, 7) is 8.92. The second-order valence-electron chi connectivity index (χ2n) is 4.84. The van der Waals surface area contributed by atoms with E-state index in [2.05, 4.69) is 24.1 Å². The average molecular weight is 245 g/mol. The van der Waals surface area contributed by atoms with E-state index in [-0.39, 0.29) is 0 Å². The fourth-order valence-corrected chi connectivity index (χ4v) is 2.30. The lowest BCUT2D eigenvalue weighted by Gasteiger charge is -2.25. The summed E-state index contributed by atoms with van der Waals surface area (Å²) in [6.07, 6.45) is 5.20. The van der Waals surface area contributed by atoms with Crippen LogP contribution in [0.2, 0.25) is 0 Å². The highest BCUT2D eigenvalue weighted by Crippen LogP contribution is 2.09. The highest BCUT2D eigenvalue weighted by Gasteiger charge is 2.17. The van der Waals surface area contributed by atoms with Crippen molar-refractivity contribution < 1.29 is 0 Å². The Bertz CT molecular complexity index is 210. The molecule has 1 heterocycles. The molecule has 0 amide bonds. The van der Waals surface area contributed by atoms with Crippen LogP contribution in [0.5, 0.6) is 0 Å². The van der Waals surface area contributed by atoms with Crippen molar-refractivity contribution in [2.75, 3.05) is 26.2 Å². The molecule has 0 saturated carbocycles. The minimum Gasteiger partial charge on any atom is -0.313 e. The van der Waals surface area contributed by atoms with Gasteiger partial charge in [-0.15, -0.1) is 0 Å². The number of hydrogen-bond donors (Lipinski definition) is 1. The standard InChI is InChI=1S/C13H25ClN2/c1-3-4-8-16(10-12(2)9-14)11-13-6-5-7-15-13/h9,13,15H,3-8,10-11H2,1-2H3. The minimum absolute atomic E-state index is 0.694. The van der Waals surface area contributed by atoms with Gasteiger partial charge in [-0.2, -0.15) is 0 Å². The summed E-state index contributed by atoms with van der Waals surface area (Å²) in [7, 11) is 0. The molecule has 0 aliphatic carbocycles. The van der Waals surface area contributed by atoms with Crippen molar-refractivity contribution in [3.63, 3.8) is 0 Å². The molecule has 1 saturated heterocycles. The maximum absolute atomic E-state index is 5.74. The smallest absolute Gasteiger partial charge is 0.0202 e. The molecule has 1 fully saturated rings. The van der Waals surface area contributed by atoms with Crippen LogP contribution in [0.4, 0.5) is 0 Å². The third-order valence-corrected chi connectivity index (χ3v) is 3.50. The SMILES string of the molecule is CCCCN(CC(C)=CCl)CC1CCCN1. The molecule has 3 heteroatoms. The zero-order valence-corrected chi connectivity index (χ0v) is 11.4. The quantitative estimate of drug-likeness (QED) is 0.741. The zero-order chi connectivity index (χ0) is 11.8. The molecule has 16 heavy (non-hydrogen) atoms. The Balaban J connectivity index is 2.35. The van der Waals surface area contributed by atoms with Crippen molar-refractivity contribution in [2.24, 2.45) is 0 Å². The fourth-order valence-electron chi connectivity index (χ4n) is 2.23. The van der Waals surface area contributed by atoms with Gasteiger partial charge in [-0.25, -0.2) is 0 Å². The van der Waals surface area contributed by atoms with Crippen LogP contribution in [0.1, 0.15) is 39.5 Å². The van der Waals surface area contributed by atoms with Crippen molar-refractivity contribution in [2.45, 2.75) is 45.6 Å². The first-order chi connectivity index (χ1) is 7.76. The number of rotatable bonds is 7. The Morgan fingerprint density at radius 3 is 2.94 bits per heavy atom. The van der Waals surface area contributed by atoms with Gasteiger partial charge in [0.15, 0.2) is 0 Å². The molecule has 94 valence electrons. The first-order valence-electron chi connectivity index (χ1n) is 6.47. The van der Waals surface area contributed by atoms with Gasteiger partial charge in [0.1, 0.15) is 0 Å². The summed E-state index contributed by atoms with van der Waals surface area (Å²) >= 11 is 5.74. The highest BCUT2D eigenvalue weighted by atomic mass is 35.5. The predicted octanol–water partition coefficient (Wildman–Crippen LogP) is 2.98. The molecule has 1 aliphatic heterocycles. The molecule has 0 spiro atoms. The van der Waals surface area contributed by atoms with E-state index in [1.54, 1.807) is 5.54 Å². The average Bonchev–Trinajstić information content (AvgIpc) is 2.78. The largest absolute Gasteiger partial charge is 0.313 e. The van der Waals surface area contributed by atoms with E-state index < -0.39 is 0 Å². The summed E-state index contributed by atoms with van der Waals surface area (Å²) in [5.74, 6) is 0. The highest BCUT2D eigenvalue weighted by molar-refractivity contribution is 6.25. The van der Waals surface area contributed by atoms with Crippen molar-refractivity contribution >= 4 is 11.6 Å². The molecule has 0 aromatic rings. The van der Waals surface area contributed by atoms with Crippen LogP contribution in [0.3, 0.4) is 0 Å². The van der Waals surface area contributed by atoms with Crippen LogP contribution in [0.15, 0.2) is 11.1 Å². The molecule has 0 aromatic heterocycles. The van der Waals surface area contributed by atoms with E-state index >= 15 is 0 Å². The van der Waals surface area contributed by atoms with E-state index in [0.29, 0.717) is 6.04 Å². The summed E-state index contributed by atoms with van der Waals surface area (Å²) < 4.78 is 0. The summed E-state index contributed by atoms with van der Waals surface area (Å²) in [5, 5.41) is 3.56. The predicted molar refractivity (Wildman–Crippen MR) is 72.0 cm³/mol. The van der Waals surface area contributed by atoms with Crippen LogP contribution >= 0.6 is 11.6 Å². The van der Waals surface area contributed by atoms with E-state index in [4.69, 9.17) is 11.6 Å². The molecule has 0 radical (unpaired) electrons. The van der Waals surface area contributed by atoms with Crippen molar-refractivity contribution in [3.05, 3.63) is 11.1 Å². The lowest BCUT2D eigenvalue weighted by molar-refractivity contribution is 0.264. The molecule has 1 aliphatic rings. The molecular weight excluding hydrogens is 220 g/mol. The van der Waals surface area contributed by atoms with Gasteiger partial charge in [-0.1, -0.05) is 24.9 Å². The van der Waals surface area contributed by atoms with E-state index in [1.807, 2.05) is 0 Å². The first kappa shape index (κ1) is 14.0. The van der Waals surface area contributed by atoms with Crippen LogP contribution in [0, 0.1) is 0 Å². The van der Waals surface area contributed by atoms with Gasteiger partial charge in [0, 0.05) is 24.7 Å². The van der Waals surface area contributed by atoms with E-state index in [9.17, 15) is 0 Å². The molecule has 1 atom stereocenters. The lowest BCUT2D eigenvalue weighted by atomic mass is 10.2. The number of hydrogen-bond acceptors (Lipinski definition) is 2. The lowest BCUT2D eigenvalue weighted by Crippen LogP contribution is -2.38. The van der Waals surface area contributed by atoms with Crippen LogP contribution in [-0.4, -0.2) is 37.1 Å². The Kier molecular flexibility index (Phi) is 7.10. The summed E-state index contributed by atoms with van der Waals surface area (Å²) in [5.41, 5.74) is 2.97. The van der Waals surface area contributed by atoms with Gasteiger partial charge in [-0.05, 0) is 44.8 Å². The Morgan fingerprint density at radius 1 is 1.56 bits per heavy atom. The fraction of sp³-hybridized carbons (Fsp3) is 0.846. The maximum atomic E-state index is 5.74. The molecular formula is C13H25ClN2. The molecule has 0 aromatic carbocycles. The van der Waals surface area contributed by atoms with Gasteiger partial charge in [0.05, 0.1) is 0 Å². The second-order valence-corrected chi connectivity index (χ2v) is 5.06. The summed E-state index contributed by atoms with van der Waals surface area (Å²) in [4.78, 5) is 2.53. The molecule has 1 N–H and O–H groups in total. The van der Waals surface area contributed by atoms with Crippen LogP contribution in [0.25, 0.3) is 0 Å². The second kappa shape index (κ2) is 8.10. The molecule has 1 unspecified atom stereocenters. The van der Waals surface area contributed by atoms with Gasteiger partial charge in [0.2, 0.25) is 0 Å². The number of nitrogens with one attached hydrogen (secondary N) is 1. The Morgan fingerprint density at radius 2 is 2.38 bits per heavy atom. The third kappa shape index (κ3) is 5.33. The molecule has 1 rings (SSSR count). The Hall–Kier alpha value is -0.0500. The normalized spacial score (nSPS) is 22.0. The van der Waals surface area contributed by atoms with Crippen LogP contribution < -0.4 is 5.32 Å². The number of nitrogens with zero attached hydrogens (tertiary/aromatic N) is 1. The summed E-state index contributed by atoms with van der Waals surface area (Å²) in [6, 6.07) is 0.694. The first-order valence-corrected chi connectivity index (χ1v) is 6.91. The van der Waals surface area contributed by atoms with E-state index in [0.717, 1.165) is 6.54 Å². The van der Waals surface area contributed by atoms with Crippen molar-refractivity contribution in [1.82, 2.24) is 10.2 Å². The number of unbranched alkanes of at least 4 members (excludes halogenated alkanes) is 1. The van der Waals surface area contributed by atoms with Gasteiger partial charge in [0.25, 0.3) is 0 Å². The monoisotopic (exact) mass is 244 g/mol. The minimum atomic E-state index is 0.694. The van der Waals surface area contributed by atoms with E-state index in [1.165, 1.54) is 50.9 Å².